The number of primary amides is 2. The first-order valence-corrected chi connectivity index (χ1v) is 24.6. The number of amides is 4. The van der Waals surface area contributed by atoms with E-state index in [-0.39, 0.29) is 52.7 Å². The van der Waals surface area contributed by atoms with Crippen molar-refractivity contribution in [2.45, 2.75) is 182 Å². The number of halogens is 1. The number of hydrogen-bond acceptors (Lipinski definition) is 16. The molecule has 11 N–H and O–H groups in total. The fourth-order valence-corrected chi connectivity index (χ4v) is 7.84. The van der Waals surface area contributed by atoms with Crippen LogP contribution in [0.25, 0.3) is 0 Å². The second-order valence-corrected chi connectivity index (χ2v) is 21.0. The predicted molar refractivity (Wildman–Crippen MR) is 277 cm³/mol. The van der Waals surface area contributed by atoms with Gasteiger partial charge in [0.05, 0.1) is 17.4 Å². The highest BCUT2D eigenvalue weighted by Crippen LogP contribution is 2.28. The number of hydrogen-bond donors (Lipinski definition) is 8. The van der Waals surface area contributed by atoms with Gasteiger partial charge in [0.2, 0.25) is 0 Å². The van der Waals surface area contributed by atoms with Crippen LogP contribution >= 0.6 is 11.6 Å². The highest BCUT2D eigenvalue weighted by Gasteiger charge is 2.30. The molecule has 20 nitrogen and oxygen atoms in total. The Labute approximate surface area is 422 Å². The maximum Gasteiger partial charge on any atom is 0.407 e. The van der Waals surface area contributed by atoms with Gasteiger partial charge < -0.3 is 53.3 Å². The number of nitrogens with two attached hydrogens (primary N) is 3. The largest absolute Gasteiger partial charge is 0.444 e. The molecule has 4 heterocycles. The smallest absolute Gasteiger partial charge is 0.407 e. The molecule has 388 valence electrons. The summed E-state index contributed by atoms with van der Waals surface area (Å²) in [5, 5.41) is 31.1. The molecule has 6 rings (SSSR count). The van der Waals surface area contributed by atoms with Gasteiger partial charge in [-0.1, -0.05) is 65.0 Å². The van der Waals surface area contributed by atoms with Crippen LogP contribution in [0.4, 0.5) is 38.4 Å². The lowest BCUT2D eigenvalue weighted by Gasteiger charge is -2.33. The van der Waals surface area contributed by atoms with Gasteiger partial charge in [-0.2, -0.15) is 0 Å². The van der Waals surface area contributed by atoms with Crippen molar-refractivity contribution in [1.82, 2.24) is 41.0 Å². The number of nitrogens with one attached hydrogen (secondary N) is 5. The highest BCUT2D eigenvalue weighted by molar-refractivity contribution is 6.29. The summed E-state index contributed by atoms with van der Waals surface area (Å²) in [6, 6.07) is 11.0. The van der Waals surface area contributed by atoms with Crippen LogP contribution in [0.3, 0.4) is 0 Å². The Hall–Kier alpha value is -6.41. The highest BCUT2D eigenvalue weighted by atomic mass is 35.5. The van der Waals surface area contributed by atoms with E-state index in [1.54, 1.807) is 6.07 Å². The van der Waals surface area contributed by atoms with Crippen molar-refractivity contribution in [3.63, 3.8) is 0 Å². The maximum atomic E-state index is 12.3. The van der Waals surface area contributed by atoms with Gasteiger partial charge in [-0.15, -0.1) is 20.4 Å². The van der Waals surface area contributed by atoms with Crippen LogP contribution in [-0.4, -0.2) is 89.7 Å². The van der Waals surface area contributed by atoms with E-state index in [1.807, 2.05) is 79.7 Å². The van der Waals surface area contributed by atoms with Crippen molar-refractivity contribution < 1.29 is 28.7 Å². The molecule has 0 bridgehead atoms. The number of aromatic nitrogens is 6. The van der Waals surface area contributed by atoms with Crippen LogP contribution in [0.15, 0.2) is 36.4 Å². The van der Waals surface area contributed by atoms with Crippen LogP contribution in [0.5, 0.6) is 0 Å². The number of rotatable bonds is 12. The van der Waals surface area contributed by atoms with Crippen molar-refractivity contribution in [1.29, 1.82) is 0 Å². The Morgan fingerprint density at radius 1 is 0.592 bits per heavy atom. The molecule has 2 aliphatic carbocycles. The van der Waals surface area contributed by atoms with Crippen molar-refractivity contribution in [3.8, 4) is 0 Å². The van der Waals surface area contributed by atoms with Crippen LogP contribution in [0.2, 0.25) is 5.15 Å². The SMILES string of the molecule is CC(C)(C)OC(=O)N[C@H]1CCCC[C@H]1N.Cc1cc(Nc2cc(Cl)nnc2C(N)=O)nc(C(C)C)c1.Cc1cc(Nc2cc(N[C@@H]3CCCC[C@@H]3NC(=O)OC(C)(C)C)nnc2C(N)=O)nc(C(C)C)c1. The Balaban J connectivity index is 0.000000257. The van der Waals surface area contributed by atoms with Crippen LogP contribution in [-0.2, 0) is 9.47 Å². The molecule has 0 aliphatic heterocycles. The van der Waals surface area contributed by atoms with Gasteiger partial charge in [0.25, 0.3) is 11.8 Å². The monoisotopic (exact) mass is 1000 g/mol. The molecule has 0 saturated heterocycles. The van der Waals surface area contributed by atoms with Crippen LogP contribution in [0.1, 0.15) is 176 Å². The third kappa shape index (κ3) is 19.4. The lowest BCUT2D eigenvalue weighted by molar-refractivity contribution is 0.0475. The number of carbonyl (C=O) groups excluding carboxylic acids is 4. The summed E-state index contributed by atoms with van der Waals surface area (Å²) in [4.78, 5) is 56.4. The minimum absolute atomic E-state index is 0.0220. The molecule has 0 unspecified atom stereocenters. The van der Waals surface area contributed by atoms with Crippen LogP contribution < -0.4 is 43.8 Å². The minimum atomic E-state index is -0.689. The van der Waals surface area contributed by atoms with Gasteiger partial charge in [-0.25, -0.2) is 19.6 Å². The number of anilines is 5. The third-order valence-electron chi connectivity index (χ3n) is 11.0. The summed E-state index contributed by atoms with van der Waals surface area (Å²) in [5.41, 5.74) is 20.6. The first-order chi connectivity index (χ1) is 33.2. The van der Waals surface area contributed by atoms with Gasteiger partial charge in [0.1, 0.15) is 22.8 Å². The standard InChI is InChI=1S/C25H37N7O3.C14H16ClN5O.C11H22N2O2/c1-14(2)18-11-15(3)12-20(28-18)29-19-13-21(31-32-22(19)23(26)33)27-16-9-7-8-10-17(16)30-24(34)35-25(4,5)6;1-7(2)9-4-8(3)5-12(17-9)18-10-6-11(15)19-20-13(10)14(16)21;1-11(2,3)15-10(14)13-9-7-5-4-6-8(9)12/h11-14,16-17H,7-10H2,1-6H3,(H2,26,33)(H,30,34)(H2,27,28,29,31);4-7H,1-3H3,(H2,16,21)(H,17,18,19);8-9H,4-7,12H2,1-3H3,(H,13,14)/t16-,17+;;8-,9+/m1.1/s1. The molecule has 4 amide bonds. The number of nitrogens with zero attached hydrogens (tertiary/aromatic N) is 6. The average Bonchev–Trinajstić information content (AvgIpc) is 3.24. The Bertz CT molecular complexity index is 2460. The molecular weight excluding hydrogens is 928 g/mol. The molecule has 0 radical (unpaired) electrons. The molecule has 4 atom stereocenters. The molecule has 4 aromatic heterocycles. The second-order valence-electron chi connectivity index (χ2n) is 20.6. The van der Waals surface area contributed by atoms with E-state index in [0.717, 1.165) is 73.9 Å². The summed E-state index contributed by atoms with van der Waals surface area (Å²) in [5.74, 6) is 0.836. The zero-order valence-corrected chi connectivity index (χ0v) is 44.1. The fraction of sp³-hybridized carbons (Fsp3) is 0.560. The van der Waals surface area contributed by atoms with E-state index >= 15 is 0 Å². The molecule has 71 heavy (non-hydrogen) atoms. The predicted octanol–water partition coefficient (Wildman–Crippen LogP) is 8.97. The maximum absolute atomic E-state index is 12.3. The van der Waals surface area contributed by atoms with E-state index in [2.05, 4.69) is 84.6 Å². The molecule has 4 aromatic rings. The van der Waals surface area contributed by atoms with Crippen molar-refractivity contribution in [2.75, 3.05) is 16.0 Å². The normalized spacial score (nSPS) is 17.9. The van der Waals surface area contributed by atoms with E-state index in [0.29, 0.717) is 34.7 Å². The first-order valence-electron chi connectivity index (χ1n) is 24.2. The number of pyridine rings is 2. The average molecular weight is 1000 g/mol. The molecular formula is C50H75ClN14O6. The number of carbonyl (C=O) groups is 4. The molecule has 2 fully saturated rings. The van der Waals surface area contributed by atoms with Gasteiger partial charge >= 0.3 is 12.2 Å². The van der Waals surface area contributed by atoms with E-state index in [9.17, 15) is 19.2 Å². The minimum Gasteiger partial charge on any atom is -0.444 e. The fourth-order valence-electron chi connectivity index (χ4n) is 7.69. The summed E-state index contributed by atoms with van der Waals surface area (Å²) in [6.45, 7) is 23.3. The van der Waals surface area contributed by atoms with Gasteiger partial charge in [-0.05, 0) is 128 Å². The second kappa shape index (κ2) is 25.6. The van der Waals surface area contributed by atoms with Gasteiger partial charge in [0, 0.05) is 41.6 Å². The number of aryl methyl sites for hydroxylation is 2. The molecule has 0 spiro atoms. The number of ether oxygens (including phenoxy) is 2. The zero-order chi connectivity index (χ0) is 52.8. The number of alkyl carbamates (subject to hydrolysis) is 2. The summed E-state index contributed by atoms with van der Waals surface area (Å²) in [7, 11) is 0. The molecule has 0 aromatic carbocycles. The third-order valence-corrected chi connectivity index (χ3v) is 11.2. The van der Waals surface area contributed by atoms with Crippen molar-refractivity contribution in [2.24, 2.45) is 17.2 Å². The Morgan fingerprint density at radius 3 is 1.46 bits per heavy atom. The summed E-state index contributed by atoms with van der Waals surface area (Å²) < 4.78 is 10.6. The zero-order valence-electron chi connectivity index (χ0n) is 43.3. The summed E-state index contributed by atoms with van der Waals surface area (Å²) in [6.07, 6.45) is 7.13. The topological polar surface area (TPSA) is 302 Å². The van der Waals surface area contributed by atoms with Gasteiger partial charge in [-0.3, -0.25) is 9.59 Å². The Morgan fingerprint density at radius 2 is 1.01 bits per heavy atom. The lowest BCUT2D eigenvalue weighted by Crippen LogP contribution is -2.50. The van der Waals surface area contributed by atoms with Crippen molar-refractivity contribution >= 4 is 64.4 Å². The Kier molecular flexibility index (Phi) is 20.6. The quantitative estimate of drug-likeness (QED) is 0.0656. The molecule has 21 heteroatoms. The van der Waals surface area contributed by atoms with E-state index in [1.165, 1.54) is 6.07 Å². The lowest BCUT2D eigenvalue weighted by atomic mass is 9.90. The van der Waals surface area contributed by atoms with Crippen LogP contribution in [0, 0.1) is 13.8 Å². The molecule has 2 aliphatic rings. The van der Waals surface area contributed by atoms with Gasteiger partial charge in [0.15, 0.2) is 22.4 Å². The molecule has 2 saturated carbocycles. The summed E-state index contributed by atoms with van der Waals surface area (Å²) >= 11 is 5.81. The first kappa shape index (κ1) is 57.2. The van der Waals surface area contributed by atoms with E-state index in [4.69, 9.17) is 38.3 Å². The van der Waals surface area contributed by atoms with Crippen molar-refractivity contribution in [3.05, 3.63) is 75.5 Å². The van der Waals surface area contributed by atoms with E-state index < -0.39 is 29.1 Å².